The number of esters is 1. The highest BCUT2D eigenvalue weighted by Gasteiger charge is 2.19. The zero-order chi connectivity index (χ0) is 13.6. The molecule has 1 aliphatic rings. The largest absolute Gasteiger partial charge is 0.462 e. The molecule has 0 aliphatic carbocycles. The fourth-order valence-electron chi connectivity index (χ4n) is 1.76. The minimum atomic E-state index is -1.71. The number of hydrogen-bond acceptors (Lipinski definition) is 2. The van der Waals surface area contributed by atoms with Gasteiger partial charge in [0.1, 0.15) is 6.10 Å². The average Bonchev–Trinajstić information content (AvgIpc) is 2.28. The molecule has 2 nitrogen and oxygen atoms in total. The molecule has 14 heavy (non-hydrogen) atoms. The Morgan fingerprint density at radius 1 is 1.50 bits per heavy atom. The van der Waals surface area contributed by atoms with E-state index in [1.807, 2.05) is 0 Å². The van der Waals surface area contributed by atoms with Crippen LogP contribution in [-0.4, -0.2) is 12.1 Å². The number of ether oxygens (including phenoxy) is 1. The van der Waals surface area contributed by atoms with Crippen molar-refractivity contribution in [2.45, 2.75) is 70.7 Å². The van der Waals surface area contributed by atoms with Gasteiger partial charge in [0.15, 0.2) is 0 Å². The van der Waals surface area contributed by atoms with Gasteiger partial charge in [-0.3, -0.25) is 4.79 Å². The van der Waals surface area contributed by atoms with E-state index >= 15 is 0 Å². The molecule has 0 aromatic rings. The van der Waals surface area contributed by atoms with Gasteiger partial charge in [0, 0.05) is 11.9 Å². The first-order valence-corrected chi connectivity index (χ1v) is 5.46. The molecule has 1 saturated heterocycles. The first kappa shape index (κ1) is 6.86. The quantitative estimate of drug-likeness (QED) is 0.487. The summed E-state index contributed by atoms with van der Waals surface area (Å²) in [6, 6.07) is 0. The molecule has 0 saturated carbocycles. The van der Waals surface area contributed by atoms with E-state index in [0.29, 0.717) is 12.8 Å². The van der Waals surface area contributed by atoms with Crippen LogP contribution in [0, 0.1) is 0 Å². The zero-order valence-corrected chi connectivity index (χ0v) is 8.63. The molecular formula is C12H22O2. The second kappa shape index (κ2) is 6.86. The van der Waals surface area contributed by atoms with Crippen LogP contribution < -0.4 is 0 Å². The van der Waals surface area contributed by atoms with Crippen LogP contribution in [0.4, 0.5) is 0 Å². The lowest BCUT2D eigenvalue weighted by molar-refractivity contribution is -0.154. The summed E-state index contributed by atoms with van der Waals surface area (Å²) in [7, 11) is 0. The Balaban J connectivity index is 2.06. The number of unbranched alkanes of at least 4 members (excludes halogenated alkanes) is 2. The van der Waals surface area contributed by atoms with Crippen LogP contribution in [-0.2, 0) is 9.53 Å². The van der Waals surface area contributed by atoms with E-state index in [9.17, 15) is 4.79 Å². The molecule has 0 radical (unpaired) electrons. The van der Waals surface area contributed by atoms with Crippen molar-refractivity contribution < 1.29 is 15.0 Å². The molecule has 1 heterocycles. The van der Waals surface area contributed by atoms with Crippen LogP contribution in [0.15, 0.2) is 0 Å². The summed E-state index contributed by atoms with van der Waals surface area (Å²) in [4.78, 5) is 11.1. The topological polar surface area (TPSA) is 26.3 Å². The van der Waals surface area contributed by atoms with Crippen molar-refractivity contribution in [2.24, 2.45) is 0 Å². The Labute approximate surface area is 92.6 Å². The van der Waals surface area contributed by atoms with Crippen LogP contribution in [0.3, 0.4) is 0 Å². The minimum absolute atomic E-state index is 0.0445. The molecule has 1 aliphatic heterocycles. The Kier molecular flexibility index (Phi) is 3.36. The predicted octanol–water partition coefficient (Wildman–Crippen LogP) is 3.44. The smallest absolute Gasteiger partial charge is 0.306 e. The highest BCUT2D eigenvalue weighted by molar-refractivity contribution is 5.70. The maximum atomic E-state index is 11.1. The zero-order valence-electron chi connectivity index (χ0n) is 12.6. The summed E-state index contributed by atoms with van der Waals surface area (Å²) in [6.45, 7) is -1.42. The van der Waals surface area contributed by atoms with Gasteiger partial charge in [-0.05, 0) is 25.7 Å². The fraction of sp³-hybridized carbons (Fsp3) is 0.917. The van der Waals surface area contributed by atoms with Gasteiger partial charge in [-0.2, -0.15) is 0 Å². The first-order valence-electron chi connectivity index (χ1n) is 7.61. The van der Waals surface area contributed by atoms with Gasteiger partial charge >= 0.3 is 5.97 Å². The number of carbonyl (C=O) groups excluding carboxylic acids is 1. The van der Waals surface area contributed by atoms with Crippen LogP contribution in [0.1, 0.15) is 70.1 Å². The molecule has 0 aromatic heterocycles. The highest BCUT2D eigenvalue weighted by atomic mass is 16.5. The van der Waals surface area contributed by atoms with Crippen molar-refractivity contribution in [1.29, 1.82) is 0 Å². The first-order chi connectivity index (χ1) is 8.42. The van der Waals surface area contributed by atoms with E-state index in [1.54, 1.807) is 0 Å². The summed E-state index contributed by atoms with van der Waals surface area (Å²) in [5.74, 6) is -0.103. The van der Waals surface area contributed by atoms with Crippen molar-refractivity contribution in [1.82, 2.24) is 0 Å². The van der Waals surface area contributed by atoms with Crippen LogP contribution in [0.5, 0.6) is 0 Å². The molecular weight excluding hydrogens is 176 g/mol. The number of rotatable bonds is 6. The van der Waals surface area contributed by atoms with E-state index in [-0.39, 0.29) is 18.5 Å². The third kappa shape index (κ3) is 4.64. The molecule has 0 bridgehead atoms. The van der Waals surface area contributed by atoms with E-state index in [1.165, 1.54) is 0 Å². The molecule has 0 aromatic carbocycles. The van der Waals surface area contributed by atoms with Gasteiger partial charge in [-0.15, -0.1) is 0 Å². The van der Waals surface area contributed by atoms with Crippen LogP contribution in [0.25, 0.3) is 0 Å². The lowest BCUT2D eigenvalue weighted by Gasteiger charge is -2.21. The second-order valence-electron chi connectivity index (χ2n) is 3.81. The van der Waals surface area contributed by atoms with Crippen molar-refractivity contribution in [3.05, 3.63) is 0 Å². The van der Waals surface area contributed by atoms with Gasteiger partial charge in [-0.25, -0.2) is 0 Å². The second-order valence-corrected chi connectivity index (χ2v) is 3.81. The summed E-state index contributed by atoms with van der Waals surface area (Å²) in [5, 5.41) is 0. The van der Waals surface area contributed by atoms with Gasteiger partial charge in [0.2, 0.25) is 0 Å². The number of hydrogen-bond donors (Lipinski definition) is 0. The van der Waals surface area contributed by atoms with E-state index in [2.05, 4.69) is 0 Å². The molecule has 1 rings (SSSR count). The Hall–Kier alpha value is -0.530. The highest BCUT2D eigenvalue weighted by Crippen LogP contribution is 2.19. The lowest BCUT2D eigenvalue weighted by Crippen LogP contribution is -2.23. The maximum Gasteiger partial charge on any atom is 0.306 e. The SMILES string of the molecule is [2H]C([2H])C([2H])([2H])CCCCCC1CCCC(=O)O1. The van der Waals surface area contributed by atoms with Gasteiger partial charge in [0.05, 0.1) is 0 Å². The van der Waals surface area contributed by atoms with Crippen LogP contribution >= 0.6 is 0 Å². The Bertz CT molecular complexity index is 269. The van der Waals surface area contributed by atoms with Crippen molar-refractivity contribution in [2.75, 3.05) is 0 Å². The van der Waals surface area contributed by atoms with Crippen LogP contribution in [0.2, 0.25) is 0 Å². The molecule has 0 amide bonds. The van der Waals surface area contributed by atoms with Crippen molar-refractivity contribution in [3.63, 3.8) is 0 Å². The average molecular weight is 202 g/mol. The van der Waals surface area contributed by atoms with Gasteiger partial charge in [0.25, 0.3) is 0 Å². The molecule has 0 N–H and O–H groups in total. The monoisotopic (exact) mass is 202 g/mol. The normalized spacial score (nSPS) is 27.5. The van der Waals surface area contributed by atoms with Gasteiger partial charge in [-0.1, -0.05) is 32.5 Å². The predicted molar refractivity (Wildman–Crippen MR) is 57.1 cm³/mol. The summed E-state index contributed by atoms with van der Waals surface area (Å²) in [5.41, 5.74) is 0. The number of carbonyl (C=O) groups is 1. The molecule has 82 valence electrons. The lowest BCUT2D eigenvalue weighted by atomic mass is 10.0. The summed E-state index contributed by atoms with van der Waals surface area (Å²) < 4.78 is 34.3. The minimum Gasteiger partial charge on any atom is -0.462 e. The van der Waals surface area contributed by atoms with E-state index < -0.39 is 13.2 Å². The van der Waals surface area contributed by atoms with Gasteiger partial charge < -0.3 is 4.74 Å². The Morgan fingerprint density at radius 3 is 3.14 bits per heavy atom. The third-order valence-corrected chi connectivity index (χ3v) is 2.55. The molecule has 1 fully saturated rings. The molecule has 2 heteroatoms. The molecule has 1 unspecified atom stereocenters. The summed E-state index contributed by atoms with van der Waals surface area (Å²) in [6.07, 6.45) is 4.27. The Morgan fingerprint density at radius 2 is 2.36 bits per heavy atom. The standard InChI is InChI=1S/C12H22O2/c1-2-3-4-5-6-8-11-9-7-10-12(13)14-11/h11H,2-10H2,1H3/i1D2,2D2. The summed E-state index contributed by atoms with van der Waals surface area (Å²) >= 11 is 0. The van der Waals surface area contributed by atoms with E-state index in [4.69, 9.17) is 10.2 Å². The van der Waals surface area contributed by atoms with Crippen molar-refractivity contribution >= 4 is 5.97 Å². The maximum absolute atomic E-state index is 11.1. The third-order valence-electron chi connectivity index (χ3n) is 2.55. The fourth-order valence-corrected chi connectivity index (χ4v) is 1.76. The van der Waals surface area contributed by atoms with Crippen molar-refractivity contribution in [3.8, 4) is 0 Å². The van der Waals surface area contributed by atoms with E-state index in [0.717, 1.165) is 32.1 Å². The number of cyclic esters (lactones) is 1. The molecule has 1 atom stereocenters. The molecule has 0 spiro atoms.